The van der Waals surface area contributed by atoms with E-state index in [2.05, 4.69) is 5.32 Å². The highest BCUT2D eigenvalue weighted by Crippen LogP contribution is 2.11. The molecule has 0 saturated carbocycles. The molecule has 2 rings (SSSR count). The van der Waals surface area contributed by atoms with Crippen molar-refractivity contribution in [2.24, 2.45) is 0 Å². The van der Waals surface area contributed by atoms with E-state index in [9.17, 15) is 9.59 Å². The van der Waals surface area contributed by atoms with Gasteiger partial charge in [-0.25, -0.2) is 4.79 Å². The lowest BCUT2D eigenvalue weighted by Gasteiger charge is -2.07. The highest BCUT2D eigenvalue weighted by molar-refractivity contribution is 6.30. The molecular weight excluding hydrogens is 326 g/mol. The molecule has 0 radical (unpaired) electrons. The average molecular weight is 344 g/mol. The Labute approximate surface area is 146 Å². The molecule has 0 spiro atoms. The van der Waals surface area contributed by atoms with Crippen LogP contribution in [0.5, 0.6) is 0 Å². The molecule has 5 heteroatoms. The fraction of sp³-hybridized carbons (Fsp3) is 0.158. The van der Waals surface area contributed by atoms with Crippen molar-refractivity contribution in [1.82, 2.24) is 5.32 Å². The maximum atomic E-state index is 11.7. The second-order valence-electron chi connectivity index (χ2n) is 5.20. The summed E-state index contributed by atoms with van der Waals surface area (Å²) in [5.41, 5.74) is 2.90. The number of esters is 1. The first-order chi connectivity index (χ1) is 11.5. The molecule has 0 aliphatic heterocycles. The summed E-state index contributed by atoms with van der Waals surface area (Å²) >= 11 is 5.86. The van der Waals surface area contributed by atoms with Gasteiger partial charge in [0.2, 0.25) is 0 Å². The number of amides is 1. The second kappa shape index (κ2) is 8.89. The average Bonchev–Trinajstić information content (AvgIpc) is 2.57. The predicted octanol–water partition coefficient (Wildman–Crippen LogP) is 3.52. The number of halogens is 1. The van der Waals surface area contributed by atoms with Gasteiger partial charge >= 0.3 is 5.97 Å². The van der Waals surface area contributed by atoms with E-state index in [0.29, 0.717) is 11.6 Å². The normalized spacial score (nSPS) is 10.6. The molecule has 2 aromatic rings. The van der Waals surface area contributed by atoms with E-state index >= 15 is 0 Å². The fourth-order valence-electron chi connectivity index (χ4n) is 2.01. The molecule has 24 heavy (non-hydrogen) atoms. The van der Waals surface area contributed by atoms with Crippen LogP contribution in [-0.2, 0) is 20.9 Å². The molecule has 0 aliphatic carbocycles. The van der Waals surface area contributed by atoms with Gasteiger partial charge in [0.15, 0.2) is 6.61 Å². The van der Waals surface area contributed by atoms with Crippen molar-refractivity contribution in [2.45, 2.75) is 13.5 Å². The Balaban J connectivity index is 1.75. The lowest BCUT2D eigenvalue weighted by molar-refractivity contribution is -0.143. The first kappa shape index (κ1) is 17.8. The monoisotopic (exact) mass is 343 g/mol. The van der Waals surface area contributed by atoms with E-state index < -0.39 is 5.97 Å². The highest BCUT2D eigenvalue weighted by atomic mass is 35.5. The molecule has 0 unspecified atom stereocenters. The second-order valence-corrected chi connectivity index (χ2v) is 5.64. The third-order valence-corrected chi connectivity index (χ3v) is 3.58. The minimum Gasteiger partial charge on any atom is -0.452 e. The molecule has 0 bridgehead atoms. The fourth-order valence-corrected chi connectivity index (χ4v) is 2.21. The zero-order valence-electron chi connectivity index (χ0n) is 13.3. The molecular formula is C19H18ClNO3. The molecule has 4 nitrogen and oxygen atoms in total. The Kier molecular flexibility index (Phi) is 6.58. The molecule has 0 heterocycles. The number of hydrogen-bond donors (Lipinski definition) is 1. The number of ether oxygens (including phenoxy) is 1. The smallest absolute Gasteiger partial charge is 0.331 e. The predicted molar refractivity (Wildman–Crippen MR) is 94.5 cm³/mol. The van der Waals surface area contributed by atoms with Crippen LogP contribution < -0.4 is 5.32 Å². The van der Waals surface area contributed by atoms with Gasteiger partial charge in [-0.3, -0.25) is 4.79 Å². The van der Waals surface area contributed by atoms with Gasteiger partial charge < -0.3 is 10.1 Å². The molecule has 1 N–H and O–H groups in total. The first-order valence-corrected chi connectivity index (χ1v) is 7.84. The van der Waals surface area contributed by atoms with Gasteiger partial charge in [0, 0.05) is 17.6 Å². The van der Waals surface area contributed by atoms with E-state index in [1.165, 1.54) is 6.08 Å². The Bertz CT molecular complexity index is 756. The summed E-state index contributed by atoms with van der Waals surface area (Å²) in [4.78, 5) is 23.3. The van der Waals surface area contributed by atoms with Gasteiger partial charge in [-0.2, -0.15) is 0 Å². The maximum Gasteiger partial charge on any atom is 0.331 e. The van der Waals surface area contributed by atoms with Gasteiger partial charge in [0.05, 0.1) is 0 Å². The first-order valence-electron chi connectivity index (χ1n) is 7.46. The van der Waals surface area contributed by atoms with Crippen LogP contribution in [0.4, 0.5) is 0 Å². The van der Waals surface area contributed by atoms with E-state index in [1.54, 1.807) is 24.3 Å². The number of hydrogen-bond acceptors (Lipinski definition) is 3. The van der Waals surface area contributed by atoms with Crippen molar-refractivity contribution < 1.29 is 14.3 Å². The van der Waals surface area contributed by atoms with Crippen molar-refractivity contribution in [3.05, 3.63) is 76.3 Å². The molecule has 1 amide bonds. The molecule has 0 fully saturated rings. The van der Waals surface area contributed by atoms with Gasteiger partial charge in [0.1, 0.15) is 0 Å². The van der Waals surface area contributed by atoms with Crippen LogP contribution in [0.15, 0.2) is 54.6 Å². The minimum absolute atomic E-state index is 0.315. The Morgan fingerprint density at radius 1 is 1.17 bits per heavy atom. The Morgan fingerprint density at radius 2 is 1.96 bits per heavy atom. The largest absolute Gasteiger partial charge is 0.452 e. The lowest BCUT2D eigenvalue weighted by atomic mass is 10.1. The molecule has 0 aromatic heterocycles. The van der Waals surface area contributed by atoms with Crippen LogP contribution in [0.1, 0.15) is 16.7 Å². The van der Waals surface area contributed by atoms with Gasteiger partial charge in [-0.1, -0.05) is 48.0 Å². The van der Waals surface area contributed by atoms with Crippen LogP contribution in [0, 0.1) is 6.92 Å². The summed E-state index contributed by atoms with van der Waals surface area (Å²) in [5, 5.41) is 3.30. The summed E-state index contributed by atoms with van der Waals surface area (Å²) < 4.78 is 4.90. The van der Waals surface area contributed by atoms with Crippen LogP contribution >= 0.6 is 11.6 Å². The van der Waals surface area contributed by atoms with Crippen LogP contribution in [0.25, 0.3) is 6.08 Å². The molecule has 124 valence electrons. The maximum absolute atomic E-state index is 11.7. The summed E-state index contributed by atoms with van der Waals surface area (Å²) in [6.45, 7) is 2.06. The third kappa shape index (κ3) is 5.89. The summed E-state index contributed by atoms with van der Waals surface area (Å²) in [5.74, 6) is -0.927. The van der Waals surface area contributed by atoms with Crippen LogP contribution in [0.2, 0.25) is 5.02 Å². The molecule has 2 aromatic carbocycles. The zero-order chi connectivity index (χ0) is 17.4. The van der Waals surface area contributed by atoms with Crippen molar-refractivity contribution in [2.75, 3.05) is 6.61 Å². The molecule has 0 aliphatic rings. The van der Waals surface area contributed by atoms with Crippen LogP contribution in [-0.4, -0.2) is 18.5 Å². The number of carbonyl (C=O) groups is 2. The highest BCUT2D eigenvalue weighted by Gasteiger charge is 2.05. The number of carbonyl (C=O) groups excluding carboxylic acids is 2. The Morgan fingerprint density at radius 3 is 2.71 bits per heavy atom. The SMILES string of the molecule is Cc1ccccc1CNC(=O)COC(=O)/C=C/c1cccc(Cl)c1. The summed E-state index contributed by atoms with van der Waals surface area (Å²) in [7, 11) is 0. The van der Waals surface area contributed by atoms with Gasteiger partial charge in [-0.15, -0.1) is 0 Å². The number of rotatable bonds is 6. The van der Waals surface area contributed by atoms with E-state index in [-0.39, 0.29) is 12.5 Å². The van der Waals surface area contributed by atoms with Gasteiger partial charge in [0.25, 0.3) is 5.91 Å². The quantitative estimate of drug-likeness (QED) is 0.645. The van der Waals surface area contributed by atoms with Crippen LogP contribution in [0.3, 0.4) is 0 Å². The minimum atomic E-state index is -0.582. The summed E-state index contributed by atoms with van der Waals surface area (Å²) in [6, 6.07) is 14.8. The number of aryl methyl sites for hydroxylation is 1. The zero-order valence-corrected chi connectivity index (χ0v) is 14.0. The van der Waals surface area contributed by atoms with E-state index in [0.717, 1.165) is 16.7 Å². The van der Waals surface area contributed by atoms with E-state index in [1.807, 2.05) is 37.3 Å². The van der Waals surface area contributed by atoms with E-state index in [4.69, 9.17) is 16.3 Å². The molecule has 0 atom stereocenters. The topological polar surface area (TPSA) is 55.4 Å². The number of nitrogens with one attached hydrogen (secondary N) is 1. The summed E-state index contributed by atoms with van der Waals surface area (Å²) in [6.07, 6.45) is 2.85. The van der Waals surface area contributed by atoms with Crippen molar-refractivity contribution in [3.8, 4) is 0 Å². The van der Waals surface area contributed by atoms with Crippen molar-refractivity contribution in [3.63, 3.8) is 0 Å². The third-order valence-electron chi connectivity index (χ3n) is 3.34. The van der Waals surface area contributed by atoms with Crippen molar-refractivity contribution in [1.29, 1.82) is 0 Å². The van der Waals surface area contributed by atoms with Crippen molar-refractivity contribution >= 4 is 29.6 Å². The molecule has 0 saturated heterocycles. The van der Waals surface area contributed by atoms with Gasteiger partial charge in [-0.05, 0) is 41.8 Å². The standard InChI is InChI=1S/C19H18ClNO3/c1-14-5-2-3-7-16(14)12-21-18(22)13-24-19(23)10-9-15-6-4-8-17(20)11-15/h2-11H,12-13H2,1H3,(H,21,22)/b10-9+. The lowest BCUT2D eigenvalue weighted by Crippen LogP contribution is -2.28. The number of benzene rings is 2. The Hall–Kier alpha value is -2.59.